The summed E-state index contributed by atoms with van der Waals surface area (Å²) in [7, 11) is 0. The molecule has 1 aromatic carbocycles. The molecule has 1 aromatic rings. The van der Waals surface area contributed by atoms with Crippen molar-refractivity contribution in [3.05, 3.63) is 35.4 Å². The van der Waals surface area contributed by atoms with Crippen molar-refractivity contribution in [2.24, 2.45) is 11.8 Å². The van der Waals surface area contributed by atoms with Crippen molar-refractivity contribution in [3.63, 3.8) is 0 Å². The van der Waals surface area contributed by atoms with Crippen LogP contribution in [0.3, 0.4) is 0 Å². The zero-order chi connectivity index (χ0) is 15.1. The maximum atomic E-state index is 12.2. The molecular weight excluding hydrogens is 274 g/mol. The third-order valence-electron chi connectivity index (χ3n) is 5.09. The van der Waals surface area contributed by atoms with Crippen molar-refractivity contribution < 1.29 is 4.79 Å². The van der Waals surface area contributed by atoms with Gasteiger partial charge < -0.3 is 10.2 Å². The molecule has 4 nitrogen and oxygen atoms in total. The average molecular weight is 295 g/mol. The second-order valence-electron chi connectivity index (χ2n) is 6.96. The van der Waals surface area contributed by atoms with Crippen LogP contribution in [0, 0.1) is 23.2 Å². The van der Waals surface area contributed by atoms with Crippen LogP contribution < -0.4 is 5.32 Å². The van der Waals surface area contributed by atoms with E-state index in [0.717, 1.165) is 11.5 Å². The Balaban J connectivity index is 1.31. The molecule has 2 atom stereocenters. The Morgan fingerprint density at radius 2 is 2.00 bits per heavy atom. The van der Waals surface area contributed by atoms with Gasteiger partial charge in [0.25, 0.3) is 5.91 Å². The van der Waals surface area contributed by atoms with Gasteiger partial charge in [-0.3, -0.25) is 4.79 Å². The first-order valence-electron chi connectivity index (χ1n) is 8.27. The summed E-state index contributed by atoms with van der Waals surface area (Å²) in [4.78, 5) is 14.0. The summed E-state index contributed by atoms with van der Waals surface area (Å²) in [5.74, 6) is 1.62. The Bertz CT molecular complexity index is 608. The van der Waals surface area contributed by atoms with E-state index in [1.165, 1.54) is 31.4 Å². The molecule has 0 spiro atoms. The van der Waals surface area contributed by atoms with Crippen LogP contribution in [0.15, 0.2) is 24.3 Å². The van der Waals surface area contributed by atoms with Gasteiger partial charge in [0.05, 0.1) is 12.0 Å². The largest absolute Gasteiger partial charge is 0.336 e. The smallest absolute Gasteiger partial charge is 0.253 e. The minimum atomic E-state index is 0.0213. The topological polar surface area (TPSA) is 56.1 Å². The molecule has 1 saturated heterocycles. The normalized spacial score (nSPS) is 27.1. The molecule has 1 amide bonds. The van der Waals surface area contributed by atoms with Gasteiger partial charge in [-0.05, 0) is 49.4 Å². The highest BCUT2D eigenvalue weighted by atomic mass is 16.2. The lowest BCUT2D eigenvalue weighted by Crippen LogP contribution is -2.49. The number of nitrogens with one attached hydrogen (secondary N) is 1. The summed E-state index contributed by atoms with van der Waals surface area (Å²) in [5.41, 5.74) is 2.08. The molecule has 3 aliphatic rings. The van der Waals surface area contributed by atoms with Crippen LogP contribution >= 0.6 is 0 Å². The fourth-order valence-electron chi connectivity index (χ4n) is 3.21. The Labute approximate surface area is 131 Å². The molecule has 1 N–H and O–H groups in total. The number of nitriles is 1. The first-order chi connectivity index (χ1) is 10.7. The Morgan fingerprint density at radius 1 is 1.27 bits per heavy atom. The van der Waals surface area contributed by atoms with Gasteiger partial charge in [0.15, 0.2) is 0 Å². The molecule has 1 heterocycles. The highest BCUT2D eigenvalue weighted by Crippen LogP contribution is 2.41. The molecule has 1 aliphatic heterocycles. The van der Waals surface area contributed by atoms with Crippen molar-refractivity contribution in [1.82, 2.24) is 10.2 Å². The molecular formula is C18H21N3O. The Hall–Kier alpha value is -1.86. The predicted molar refractivity (Wildman–Crippen MR) is 83.3 cm³/mol. The van der Waals surface area contributed by atoms with Crippen LogP contribution in [0.2, 0.25) is 0 Å². The lowest BCUT2D eigenvalue weighted by Gasteiger charge is -2.35. The summed E-state index contributed by atoms with van der Waals surface area (Å²) < 4.78 is 0. The number of amides is 1. The lowest BCUT2D eigenvalue weighted by atomic mass is 10.00. The summed E-state index contributed by atoms with van der Waals surface area (Å²) in [6.45, 7) is 2.33. The highest BCUT2D eigenvalue weighted by Gasteiger charge is 2.39. The molecule has 2 aliphatic carbocycles. The fourth-order valence-corrected chi connectivity index (χ4v) is 3.21. The van der Waals surface area contributed by atoms with Crippen molar-refractivity contribution in [1.29, 1.82) is 5.26 Å². The van der Waals surface area contributed by atoms with Crippen LogP contribution in [0.25, 0.3) is 0 Å². The number of nitrogens with zero attached hydrogens (tertiary/aromatic N) is 2. The van der Waals surface area contributed by atoms with E-state index in [4.69, 9.17) is 5.26 Å². The third-order valence-corrected chi connectivity index (χ3v) is 5.09. The van der Waals surface area contributed by atoms with Crippen LogP contribution in [0.4, 0.5) is 0 Å². The lowest BCUT2D eigenvalue weighted by molar-refractivity contribution is 0.0577. The van der Waals surface area contributed by atoms with E-state index in [-0.39, 0.29) is 11.8 Å². The van der Waals surface area contributed by atoms with E-state index in [1.54, 1.807) is 4.90 Å². The molecule has 114 valence electrons. The van der Waals surface area contributed by atoms with Crippen LogP contribution in [-0.2, 0) is 0 Å². The maximum Gasteiger partial charge on any atom is 0.253 e. The predicted octanol–water partition coefficient (Wildman–Crippen LogP) is 2.14. The van der Waals surface area contributed by atoms with E-state index >= 15 is 0 Å². The van der Waals surface area contributed by atoms with Crippen LogP contribution in [-0.4, -0.2) is 36.5 Å². The van der Waals surface area contributed by atoms with Gasteiger partial charge in [-0.15, -0.1) is 0 Å². The number of carbonyl (C=O) groups is 1. The van der Waals surface area contributed by atoms with Crippen LogP contribution in [0.5, 0.6) is 0 Å². The molecule has 0 bridgehead atoms. The zero-order valence-corrected chi connectivity index (χ0v) is 12.7. The summed E-state index contributed by atoms with van der Waals surface area (Å²) >= 11 is 0. The van der Waals surface area contributed by atoms with Gasteiger partial charge in [0, 0.05) is 30.6 Å². The second-order valence-corrected chi connectivity index (χ2v) is 6.96. The van der Waals surface area contributed by atoms with E-state index < -0.39 is 0 Å². The molecule has 4 rings (SSSR count). The van der Waals surface area contributed by atoms with Gasteiger partial charge in [-0.25, -0.2) is 0 Å². The number of benzene rings is 1. The molecule has 0 radical (unpaired) electrons. The first kappa shape index (κ1) is 13.8. The highest BCUT2D eigenvalue weighted by molar-refractivity contribution is 5.94. The standard InChI is InChI=1S/C18H21N3O/c19-8-13-10-21(11-13)18(22)15-5-3-14(4-6-15)16-7-17(16)20-9-12-1-2-12/h3-6,12-13,16-17,20H,1-2,7,9-11H2. The van der Waals surface area contributed by atoms with E-state index in [9.17, 15) is 4.79 Å². The Morgan fingerprint density at radius 3 is 2.64 bits per heavy atom. The van der Waals surface area contributed by atoms with E-state index in [2.05, 4.69) is 23.5 Å². The van der Waals surface area contributed by atoms with Crippen molar-refractivity contribution in [2.75, 3.05) is 19.6 Å². The van der Waals surface area contributed by atoms with Crippen molar-refractivity contribution >= 4 is 5.91 Å². The minimum absolute atomic E-state index is 0.0213. The number of hydrogen-bond acceptors (Lipinski definition) is 3. The number of likely N-dealkylation sites (tertiary alicyclic amines) is 1. The molecule has 2 saturated carbocycles. The van der Waals surface area contributed by atoms with Crippen molar-refractivity contribution in [3.8, 4) is 6.07 Å². The average Bonchev–Trinajstić information content (AvgIpc) is 3.38. The van der Waals surface area contributed by atoms with E-state index in [0.29, 0.717) is 25.0 Å². The fraction of sp³-hybridized carbons (Fsp3) is 0.556. The van der Waals surface area contributed by atoms with Crippen LogP contribution in [0.1, 0.15) is 41.1 Å². The second kappa shape index (κ2) is 5.40. The minimum Gasteiger partial charge on any atom is -0.336 e. The van der Waals surface area contributed by atoms with Gasteiger partial charge >= 0.3 is 0 Å². The summed E-state index contributed by atoms with van der Waals surface area (Å²) in [5, 5.41) is 12.4. The SMILES string of the molecule is N#CC1CN(C(=O)c2ccc(C3CC3NCC3CC3)cc2)C1. The van der Waals surface area contributed by atoms with E-state index in [1.807, 2.05) is 12.1 Å². The molecule has 22 heavy (non-hydrogen) atoms. The van der Waals surface area contributed by atoms with Crippen molar-refractivity contribution in [2.45, 2.75) is 31.2 Å². The number of rotatable bonds is 5. The number of carbonyl (C=O) groups excluding carboxylic acids is 1. The monoisotopic (exact) mass is 295 g/mol. The zero-order valence-electron chi connectivity index (χ0n) is 12.7. The molecule has 2 unspecified atom stereocenters. The quantitative estimate of drug-likeness (QED) is 0.905. The van der Waals surface area contributed by atoms with Gasteiger partial charge in [0.1, 0.15) is 0 Å². The van der Waals surface area contributed by atoms with Gasteiger partial charge in [-0.1, -0.05) is 12.1 Å². The molecule has 3 fully saturated rings. The maximum absolute atomic E-state index is 12.2. The van der Waals surface area contributed by atoms with Gasteiger partial charge in [-0.2, -0.15) is 5.26 Å². The molecule has 0 aromatic heterocycles. The summed E-state index contributed by atoms with van der Waals surface area (Å²) in [6.07, 6.45) is 4.00. The number of hydrogen-bond donors (Lipinski definition) is 1. The molecule has 4 heteroatoms. The third kappa shape index (κ3) is 2.74. The first-order valence-corrected chi connectivity index (χ1v) is 8.27. The Kier molecular flexibility index (Phi) is 3.38. The summed E-state index contributed by atoms with van der Waals surface area (Å²) in [6, 6.07) is 10.9. The van der Waals surface area contributed by atoms with Gasteiger partial charge in [0.2, 0.25) is 0 Å².